The average Bonchev–Trinajstić information content (AvgIpc) is 2.65. The minimum Gasteiger partial charge on any atom is -0.481 e. The van der Waals surface area contributed by atoms with Crippen molar-refractivity contribution in [1.29, 1.82) is 0 Å². The van der Waals surface area contributed by atoms with Crippen molar-refractivity contribution < 1.29 is 24.5 Å². The number of carboxylic acids is 1. The van der Waals surface area contributed by atoms with Crippen LogP contribution in [0.1, 0.15) is 117 Å². The van der Waals surface area contributed by atoms with Gasteiger partial charge in [-0.25, -0.2) is 4.79 Å². The Morgan fingerprint density at radius 3 is 1.30 bits per heavy atom. The van der Waals surface area contributed by atoms with E-state index in [4.69, 9.17) is 10.2 Å². The summed E-state index contributed by atoms with van der Waals surface area (Å²) in [5.41, 5.74) is 0. The van der Waals surface area contributed by atoms with E-state index >= 15 is 0 Å². The van der Waals surface area contributed by atoms with Crippen molar-refractivity contribution in [1.82, 2.24) is 0 Å². The van der Waals surface area contributed by atoms with Crippen LogP contribution in [0.4, 0.5) is 0 Å². The minimum atomic E-state index is -0.653. The number of carbonyl (C=O) groups is 2. The van der Waals surface area contributed by atoms with E-state index < -0.39 is 18.5 Å². The van der Waals surface area contributed by atoms with E-state index in [9.17, 15) is 9.59 Å². The highest BCUT2D eigenvalue weighted by molar-refractivity contribution is 5.70. The molecule has 0 heterocycles. The molecular weight excluding hydrogens is 344 g/mol. The van der Waals surface area contributed by atoms with Gasteiger partial charge in [0.05, 0.1) is 6.61 Å². The molecule has 0 saturated carbocycles. The first-order valence-corrected chi connectivity index (χ1v) is 11.1. The van der Waals surface area contributed by atoms with Gasteiger partial charge in [-0.2, -0.15) is 0 Å². The molecule has 0 aromatic rings. The Morgan fingerprint density at radius 2 is 1.04 bits per heavy atom. The second kappa shape index (κ2) is 24.9. The van der Waals surface area contributed by atoms with Gasteiger partial charge in [-0.3, -0.25) is 4.79 Å². The molecule has 27 heavy (non-hydrogen) atoms. The van der Waals surface area contributed by atoms with Crippen LogP contribution in [0.2, 0.25) is 0 Å². The fourth-order valence-corrected chi connectivity index (χ4v) is 2.85. The third kappa shape index (κ3) is 29.9. The van der Waals surface area contributed by atoms with Crippen LogP contribution in [-0.2, 0) is 14.3 Å². The van der Waals surface area contributed by atoms with E-state index in [1.54, 1.807) is 6.92 Å². The predicted molar refractivity (Wildman–Crippen MR) is 111 cm³/mol. The van der Waals surface area contributed by atoms with Gasteiger partial charge >= 0.3 is 11.9 Å². The van der Waals surface area contributed by atoms with E-state index in [-0.39, 0.29) is 0 Å². The molecule has 0 unspecified atom stereocenters. The average molecular weight is 389 g/mol. The van der Waals surface area contributed by atoms with Crippen LogP contribution < -0.4 is 0 Å². The number of aliphatic hydroxyl groups is 1. The minimum absolute atomic E-state index is 0.333. The van der Waals surface area contributed by atoms with E-state index in [0.29, 0.717) is 13.0 Å². The molecule has 0 radical (unpaired) electrons. The largest absolute Gasteiger partial charge is 0.481 e. The smallest absolute Gasteiger partial charge is 0.331 e. The Balaban J connectivity index is 0. The summed E-state index contributed by atoms with van der Waals surface area (Å²) in [6.07, 6.45) is 20.2. The Hall–Kier alpha value is -1.10. The monoisotopic (exact) mass is 388 g/mol. The van der Waals surface area contributed by atoms with Crippen LogP contribution in [-0.4, -0.2) is 35.4 Å². The molecule has 0 aliphatic carbocycles. The van der Waals surface area contributed by atoms with E-state index in [2.05, 4.69) is 11.7 Å². The first-order valence-electron chi connectivity index (χ1n) is 11.1. The van der Waals surface area contributed by atoms with Gasteiger partial charge in [-0.05, 0) is 13.3 Å². The van der Waals surface area contributed by atoms with Crippen molar-refractivity contribution in [2.45, 2.75) is 117 Å². The molecule has 162 valence electrons. The number of ether oxygens (including phenoxy) is 1. The fraction of sp³-hybridized carbons (Fsp3) is 0.909. The first-order chi connectivity index (χ1) is 13.1. The Morgan fingerprint density at radius 1 is 0.667 bits per heavy atom. The first kappa shape index (κ1) is 28.1. The van der Waals surface area contributed by atoms with E-state index in [1.807, 2.05) is 0 Å². The summed E-state index contributed by atoms with van der Waals surface area (Å²) in [7, 11) is 0. The molecule has 0 saturated heterocycles. The molecule has 0 atom stereocenters. The molecule has 0 aliphatic heterocycles. The summed E-state index contributed by atoms with van der Waals surface area (Å²) < 4.78 is 4.30. The molecule has 5 nitrogen and oxygen atoms in total. The zero-order valence-electron chi connectivity index (χ0n) is 17.8. The molecule has 2 N–H and O–H groups in total. The lowest BCUT2D eigenvalue weighted by atomic mass is 10.0. The maximum absolute atomic E-state index is 10.3. The Bertz CT molecular complexity index is 318. The summed E-state index contributed by atoms with van der Waals surface area (Å²) in [5, 5.41) is 16.5. The maximum Gasteiger partial charge on any atom is 0.331 e. The summed E-state index contributed by atoms with van der Waals surface area (Å²) in [5.74, 6) is -1.22. The molecule has 0 bridgehead atoms. The number of esters is 1. The predicted octanol–water partition coefficient (Wildman–Crippen LogP) is 5.87. The van der Waals surface area contributed by atoms with Crippen molar-refractivity contribution in [3.8, 4) is 0 Å². The molecule has 0 fully saturated rings. The number of carboxylic acid groups (broad SMARTS) is 1. The lowest BCUT2D eigenvalue weighted by Gasteiger charge is -2.03. The topological polar surface area (TPSA) is 83.8 Å². The normalized spacial score (nSPS) is 10.2. The van der Waals surface area contributed by atoms with Crippen molar-refractivity contribution in [3.63, 3.8) is 0 Å². The molecule has 0 aliphatic rings. The molecule has 0 aromatic carbocycles. The fourth-order valence-electron chi connectivity index (χ4n) is 2.85. The summed E-state index contributed by atoms with van der Waals surface area (Å²) in [6, 6.07) is 0. The zero-order valence-corrected chi connectivity index (χ0v) is 17.8. The van der Waals surface area contributed by atoms with Gasteiger partial charge in [-0.1, -0.05) is 96.8 Å². The maximum atomic E-state index is 10.3. The molecule has 0 amide bonds. The van der Waals surface area contributed by atoms with E-state index in [0.717, 1.165) is 12.8 Å². The van der Waals surface area contributed by atoms with Gasteiger partial charge in [0.2, 0.25) is 0 Å². The number of rotatable bonds is 18. The van der Waals surface area contributed by atoms with Gasteiger partial charge < -0.3 is 14.9 Å². The van der Waals surface area contributed by atoms with Crippen molar-refractivity contribution in [2.24, 2.45) is 0 Å². The zero-order chi connectivity index (χ0) is 20.6. The van der Waals surface area contributed by atoms with Crippen LogP contribution in [0.15, 0.2) is 0 Å². The van der Waals surface area contributed by atoms with Crippen molar-refractivity contribution >= 4 is 11.9 Å². The standard InChI is InChI=1S/C18H36O2.C4H8O3/c1-2-3-4-5-6-7-8-9-10-11-12-13-14-15-16-17-18(19)20;1-2-7-4(6)3-5/h2-17H2,1H3,(H,19,20);5H,2-3H2,1H3. The summed E-state index contributed by atoms with van der Waals surface area (Å²) in [6.45, 7) is 3.77. The Kier molecular flexibility index (Phi) is 25.9. The summed E-state index contributed by atoms with van der Waals surface area (Å²) in [4.78, 5) is 20.3. The summed E-state index contributed by atoms with van der Waals surface area (Å²) >= 11 is 0. The van der Waals surface area contributed by atoms with Crippen LogP contribution in [0.5, 0.6) is 0 Å². The van der Waals surface area contributed by atoms with Gasteiger partial charge in [0.25, 0.3) is 0 Å². The highest BCUT2D eigenvalue weighted by Crippen LogP contribution is 2.13. The van der Waals surface area contributed by atoms with Gasteiger partial charge in [0.1, 0.15) is 6.61 Å². The van der Waals surface area contributed by atoms with Crippen LogP contribution >= 0.6 is 0 Å². The number of hydrogen-bond acceptors (Lipinski definition) is 4. The van der Waals surface area contributed by atoms with Crippen molar-refractivity contribution in [3.05, 3.63) is 0 Å². The SMILES string of the molecule is CCCCCCCCCCCCCCCCCC(=O)O.CCOC(=O)CO. The molecule has 5 heteroatoms. The van der Waals surface area contributed by atoms with Gasteiger partial charge in [0, 0.05) is 6.42 Å². The third-order valence-electron chi connectivity index (χ3n) is 4.43. The highest BCUT2D eigenvalue weighted by Gasteiger charge is 1.97. The van der Waals surface area contributed by atoms with Crippen LogP contribution in [0, 0.1) is 0 Å². The number of aliphatic carboxylic acids is 1. The van der Waals surface area contributed by atoms with Gasteiger partial charge in [0.15, 0.2) is 0 Å². The molecule has 0 spiro atoms. The lowest BCUT2D eigenvalue weighted by Crippen LogP contribution is -2.07. The van der Waals surface area contributed by atoms with Gasteiger partial charge in [-0.15, -0.1) is 0 Å². The molecule has 0 rings (SSSR count). The third-order valence-corrected chi connectivity index (χ3v) is 4.43. The number of carbonyl (C=O) groups excluding carboxylic acids is 1. The molecule has 0 aromatic heterocycles. The van der Waals surface area contributed by atoms with Crippen LogP contribution in [0.3, 0.4) is 0 Å². The Labute approximate surface area is 166 Å². The van der Waals surface area contributed by atoms with Crippen LogP contribution in [0.25, 0.3) is 0 Å². The second-order valence-corrected chi connectivity index (χ2v) is 7.06. The number of aliphatic hydroxyl groups excluding tert-OH is 1. The number of hydrogen-bond donors (Lipinski definition) is 2. The van der Waals surface area contributed by atoms with E-state index in [1.165, 1.54) is 83.5 Å². The highest BCUT2D eigenvalue weighted by atomic mass is 16.5. The molecular formula is C22H44O5. The van der Waals surface area contributed by atoms with Crippen molar-refractivity contribution in [2.75, 3.05) is 13.2 Å². The lowest BCUT2D eigenvalue weighted by molar-refractivity contribution is -0.146. The quantitative estimate of drug-likeness (QED) is 0.226. The second-order valence-electron chi connectivity index (χ2n) is 7.06. The number of unbranched alkanes of at least 4 members (excludes halogenated alkanes) is 14.